The number of ether oxygens (including phenoxy) is 2. The summed E-state index contributed by atoms with van der Waals surface area (Å²) in [6.45, 7) is 3.93. The van der Waals surface area contributed by atoms with E-state index in [-0.39, 0.29) is 42.2 Å². The second kappa shape index (κ2) is 14.5. The van der Waals surface area contributed by atoms with Crippen LogP contribution in [0.3, 0.4) is 0 Å². The van der Waals surface area contributed by atoms with Gasteiger partial charge in [0.05, 0.1) is 6.54 Å². The number of halogens is 2. The molecule has 1 aromatic carbocycles. The van der Waals surface area contributed by atoms with Crippen molar-refractivity contribution >= 4 is 41.5 Å². The lowest BCUT2D eigenvalue weighted by molar-refractivity contribution is -0.115. The number of carbonyl (C=O) groups excluding carboxylic acids is 1. The third-order valence-corrected chi connectivity index (χ3v) is 4.22. The van der Waals surface area contributed by atoms with Crippen LogP contribution < -0.4 is 16.0 Å². The number of aliphatic imine (C=N–C) groups is 1. The Morgan fingerprint density at radius 2 is 1.96 bits per heavy atom. The van der Waals surface area contributed by atoms with Gasteiger partial charge in [0.2, 0.25) is 5.91 Å². The second-order valence-corrected chi connectivity index (χ2v) is 6.39. The van der Waals surface area contributed by atoms with Gasteiger partial charge in [0, 0.05) is 45.7 Å². The van der Waals surface area contributed by atoms with E-state index in [1.165, 1.54) is 24.3 Å². The quantitative estimate of drug-likeness (QED) is 0.207. The number of hydrogen-bond acceptors (Lipinski definition) is 4. The van der Waals surface area contributed by atoms with Crippen LogP contribution in [0.5, 0.6) is 0 Å². The third-order valence-electron chi connectivity index (χ3n) is 4.22. The molecule has 1 fully saturated rings. The predicted molar refractivity (Wildman–Crippen MR) is 119 cm³/mol. The highest BCUT2D eigenvalue weighted by Crippen LogP contribution is 2.14. The standard InChI is InChI=1S/C19H29FN4O3.HI/c1-21-19(22-9-2-10-27-14-15-7-11-26-12-8-15)23-13-18(25)24-17-5-3-16(20)4-6-17;/h3-6,15H,2,7-14H2,1H3,(H,24,25)(H2,21,22,23);1H. The van der Waals surface area contributed by atoms with Crippen molar-refractivity contribution in [1.29, 1.82) is 0 Å². The number of nitrogens with zero attached hydrogens (tertiary/aromatic N) is 1. The van der Waals surface area contributed by atoms with Crippen molar-refractivity contribution in [1.82, 2.24) is 10.6 Å². The number of benzene rings is 1. The van der Waals surface area contributed by atoms with Crippen molar-refractivity contribution in [2.75, 3.05) is 51.9 Å². The highest BCUT2D eigenvalue weighted by atomic mass is 127. The first-order valence-corrected chi connectivity index (χ1v) is 9.33. The smallest absolute Gasteiger partial charge is 0.243 e. The van der Waals surface area contributed by atoms with Gasteiger partial charge >= 0.3 is 0 Å². The molecular formula is C19H30FIN4O3. The van der Waals surface area contributed by atoms with Crippen molar-refractivity contribution in [3.63, 3.8) is 0 Å². The van der Waals surface area contributed by atoms with E-state index in [1.54, 1.807) is 7.05 Å². The molecule has 1 aromatic rings. The Kier molecular flexibility index (Phi) is 12.8. The molecule has 28 heavy (non-hydrogen) atoms. The summed E-state index contributed by atoms with van der Waals surface area (Å²) in [6.07, 6.45) is 3.01. The fourth-order valence-electron chi connectivity index (χ4n) is 2.67. The Bertz CT molecular complexity index is 595. The number of anilines is 1. The van der Waals surface area contributed by atoms with E-state index < -0.39 is 0 Å². The Morgan fingerprint density at radius 1 is 1.25 bits per heavy atom. The normalized spacial score (nSPS) is 14.9. The second-order valence-electron chi connectivity index (χ2n) is 6.39. The van der Waals surface area contributed by atoms with Gasteiger partial charge in [-0.2, -0.15) is 0 Å². The zero-order valence-electron chi connectivity index (χ0n) is 16.2. The Balaban J connectivity index is 0.00000392. The van der Waals surface area contributed by atoms with Crippen LogP contribution >= 0.6 is 24.0 Å². The summed E-state index contributed by atoms with van der Waals surface area (Å²) in [6, 6.07) is 5.63. The molecule has 0 unspecified atom stereocenters. The fraction of sp³-hybridized carbons (Fsp3) is 0.579. The molecule has 9 heteroatoms. The average molecular weight is 508 g/mol. The summed E-state index contributed by atoms with van der Waals surface area (Å²) in [5.74, 6) is 0.589. The topological polar surface area (TPSA) is 84.0 Å². The van der Waals surface area contributed by atoms with E-state index in [1.807, 2.05) is 0 Å². The van der Waals surface area contributed by atoms with Crippen molar-refractivity contribution in [3.8, 4) is 0 Å². The summed E-state index contributed by atoms with van der Waals surface area (Å²) in [7, 11) is 1.65. The van der Waals surface area contributed by atoms with E-state index in [4.69, 9.17) is 9.47 Å². The number of amides is 1. The summed E-state index contributed by atoms with van der Waals surface area (Å²) in [5, 5.41) is 8.77. The SMILES string of the molecule is CN=C(NCCCOCC1CCOCC1)NCC(=O)Nc1ccc(F)cc1.I. The minimum Gasteiger partial charge on any atom is -0.381 e. The lowest BCUT2D eigenvalue weighted by Gasteiger charge is -2.21. The first-order chi connectivity index (χ1) is 13.2. The van der Waals surface area contributed by atoms with E-state index in [9.17, 15) is 9.18 Å². The molecule has 0 atom stereocenters. The van der Waals surface area contributed by atoms with Gasteiger partial charge < -0.3 is 25.4 Å². The van der Waals surface area contributed by atoms with Gasteiger partial charge in [-0.15, -0.1) is 24.0 Å². The predicted octanol–water partition coefficient (Wildman–Crippen LogP) is 2.38. The molecule has 0 aromatic heterocycles. The zero-order chi connectivity index (χ0) is 19.3. The molecule has 0 aliphatic carbocycles. The van der Waals surface area contributed by atoms with Gasteiger partial charge in [-0.3, -0.25) is 9.79 Å². The molecule has 158 valence electrons. The van der Waals surface area contributed by atoms with Crippen LogP contribution in [0.2, 0.25) is 0 Å². The van der Waals surface area contributed by atoms with Crippen molar-refractivity contribution in [3.05, 3.63) is 30.1 Å². The number of nitrogens with one attached hydrogen (secondary N) is 3. The van der Waals surface area contributed by atoms with E-state index >= 15 is 0 Å². The van der Waals surface area contributed by atoms with Crippen molar-refractivity contribution < 1.29 is 18.7 Å². The largest absolute Gasteiger partial charge is 0.381 e. The molecule has 1 aliphatic rings. The van der Waals surface area contributed by atoms with E-state index in [2.05, 4.69) is 20.9 Å². The molecule has 1 amide bonds. The molecule has 0 spiro atoms. The maximum Gasteiger partial charge on any atom is 0.243 e. The maximum absolute atomic E-state index is 12.9. The Hall–Kier alpha value is -1.46. The van der Waals surface area contributed by atoms with Gasteiger partial charge in [-0.25, -0.2) is 4.39 Å². The highest BCUT2D eigenvalue weighted by molar-refractivity contribution is 14.0. The van der Waals surface area contributed by atoms with Crippen LogP contribution in [0, 0.1) is 11.7 Å². The Morgan fingerprint density at radius 3 is 2.64 bits per heavy atom. The monoisotopic (exact) mass is 508 g/mol. The van der Waals surface area contributed by atoms with Crippen LogP contribution in [0.4, 0.5) is 10.1 Å². The van der Waals surface area contributed by atoms with Crippen LogP contribution in [0.1, 0.15) is 19.3 Å². The molecule has 2 rings (SSSR count). The summed E-state index contributed by atoms with van der Waals surface area (Å²) >= 11 is 0. The minimum absolute atomic E-state index is 0. The first-order valence-electron chi connectivity index (χ1n) is 9.33. The molecule has 1 saturated heterocycles. The van der Waals surface area contributed by atoms with Crippen molar-refractivity contribution in [2.24, 2.45) is 10.9 Å². The minimum atomic E-state index is -0.340. The lowest BCUT2D eigenvalue weighted by atomic mass is 10.0. The lowest BCUT2D eigenvalue weighted by Crippen LogP contribution is -2.41. The van der Waals surface area contributed by atoms with Crippen LogP contribution in [0.25, 0.3) is 0 Å². The molecule has 1 aliphatic heterocycles. The van der Waals surface area contributed by atoms with E-state index in [0.717, 1.165) is 39.1 Å². The summed E-state index contributed by atoms with van der Waals surface area (Å²) in [5.41, 5.74) is 0.549. The van der Waals surface area contributed by atoms with Gasteiger partial charge in [0.25, 0.3) is 0 Å². The van der Waals surface area contributed by atoms with Crippen molar-refractivity contribution in [2.45, 2.75) is 19.3 Å². The van der Waals surface area contributed by atoms with Gasteiger partial charge in [-0.05, 0) is 49.4 Å². The fourth-order valence-corrected chi connectivity index (χ4v) is 2.67. The van der Waals surface area contributed by atoms with Gasteiger partial charge in [-0.1, -0.05) is 0 Å². The molecule has 0 radical (unpaired) electrons. The zero-order valence-corrected chi connectivity index (χ0v) is 18.5. The molecule has 0 saturated carbocycles. The average Bonchev–Trinajstić information content (AvgIpc) is 2.69. The molecule has 1 heterocycles. The van der Waals surface area contributed by atoms with Gasteiger partial charge in [0.1, 0.15) is 5.82 Å². The van der Waals surface area contributed by atoms with Crippen LogP contribution in [-0.2, 0) is 14.3 Å². The maximum atomic E-state index is 12.9. The van der Waals surface area contributed by atoms with Gasteiger partial charge in [0.15, 0.2) is 5.96 Å². The number of rotatable bonds is 9. The van der Waals surface area contributed by atoms with Crippen LogP contribution in [0.15, 0.2) is 29.3 Å². The number of guanidine groups is 1. The summed E-state index contributed by atoms with van der Waals surface area (Å²) in [4.78, 5) is 16.0. The third kappa shape index (κ3) is 10.2. The highest BCUT2D eigenvalue weighted by Gasteiger charge is 2.13. The molecule has 0 bridgehead atoms. The number of hydrogen-bond donors (Lipinski definition) is 3. The molecular weight excluding hydrogens is 478 g/mol. The summed E-state index contributed by atoms with van der Waals surface area (Å²) < 4.78 is 23.9. The number of carbonyl (C=O) groups is 1. The first kappa shape index (κ1) is 24.6. The molecule has 3 N–H and O–H groups in total. The van der Waals surface area contributed by atoms with E-state index in [0.29, 0.717) is 30.7 Å². The Labute approximate surface area is 182 Å². The van der Waals surface area contributed by atoms with Crippen LogP contribution in [-0.4, -0.2) is 58.4 Å². The molecule has 7 nitrogen and oxygen atoms in total.